The molecule has 1 aliphatic rings. The second-order valence-corrected chi connectivity index (χ2v) is 19.4. The maximum atomic E-state index is 6.26. The summed E-state index contributed by atoms with van der Waals surface area (Å²) in [6, 6.07) is 95.7. The molecule has 0 spiro atoms. The first kappa shape index (κ1) is 40.3. The highest BCUT2D eigenvalue weighted by Crippen LogP contribution is 2.59. The lowest BCUT2D eigenvalue weighted by molar-refractivity contribution is 0.669. The van der Waals surface area contributed by atoms with E-state index in [1.54, 1.807) is 0 Å². The maximum Gasteiger partial charge on any atom is 0.135 e. The summed E-state index contributed by atoms with van der Waals surface area (Å²) in [6.45, 7) is 0. The van der Waals surface area contributed by atoms with Crippen molar-refractivity contribution in [3.63, 3.8) is 0 Å². The molecule has 0 saturated heterocycles. The molecule has 0 radical (unpaired) electrons. The van der Waals surface area contributed by atoms with Crippen LogP contribution in [-0.2, 0) is 5.41 Å². The third kappa shape index (κ3) is 6.32. The van der Waals surface area contributed by atoms with Crippen LogP contribution < -0.4 is 4.90 Å². The van der Waals surface area contributed by atoms with Gasteiger partial charge in [-0.1, -0.05) is 194 Å². The molecular weight excluding hydrogens is 867 g/mol. The van der Waals surface area contributed by atoms with Gasteiger partial charge in [-0.15, -0.1) is 11.3 Å². The highest BCUT2D eigenvalue weighted by atomic mass is 32.1. The van der Waals surface area contributed by atoms with Crippen LogP contribution in [0.15, 0.2) is 265 Å². The largest absolute Gasteiger partial charge is 0.456 e. The lowest BCUT2D eigenvalue weighted by atomic mass is 9.68. The molecule has 11 aromatic carbocycles. The number of para-hydroxylation sites is 1. The van der Waals surface area contributed by atoms with Crippen molar-refractivity contribution < 1.29 is 4.42 Å². The van der Waals surface area contributed by atoms with Crippen LogP contribution in [0.3, 0.4) is 0 Å². The van der Waals surface area contributed by atoms with Gasteiger partial charge in [-0.3, -0.25) is 0 Å². The molecule has 3 heteroatoms. The van der Waals surface area contributed by atoms with E-state index in [0.29, 0.717) is 0 Å². The van der Waals surface area contributed by atoms with E-state index in [0.717, 1.165) is 50.1 Å². The minimum Gasteiger partial charge on any atom is -0.456 e. The number of fused-ring (bicyclic) bond motifs is 9. The molecule has 70 heavy (non-hydrogen) atoms. The van der Waals surface area contributed by atoms with Crippen LogP contribution in [0, 0.1) is 0 Å². The number of anilines is 3. The van der Waals surface area contributed by atoms with Gasteiger partial charge in [0.2, 0.25) is 0 Å². The molecule has 1 aliphatic carbocycles. The maximum absolute atomic E-state index is 6.26. The highest BCUT2D eigenvalue weighted by Gasteiger charge is 2.47. The summed E-state index contributed by atoms with van der Waals surface area (Å²) < 4.78 is 8.91. The molecule has 0 amide bonds. The van der Waals surface area contributed by atoms with Crippen molar-refractivity contribution in [2.75, 3.05) is 4.90 Å². The lowest BCUT2D eigenvalue weighted by Crippen LogP contribution is -2.28. The molecule has 13 aromatic rings. The summed E-state index contributed by atoms with van der Waals surface area (Å²) >= 11 is 1.86. The van der Waals surface area contributed by atoms with Crippen molar-refractivity contribution in [2.45, 2.75) is 5.41 Å². The summed E-state index contributed by atoms with van der Waals surface area (Å²) in [5, 5.41) is 4.88. The smallest absolute Gasteiger partial charge is 0.135 e. The van der Waals surface area contributed by atoms with Crippen molar-refractivity contribution in [3.8, 4) is 44.5 Å². The molecule has 2 aromatic heterocycles. The van der Waals surface area contributed by atoms with Gasteiger partial charge in [0.05, 0.1) is 11.1 Å². The fourth-order valence-corrected chi connectivity index (χ4v) is 12.5. The normalized spacial score (nSPS) is 12.7. The SMILES string of the molecule is c1ccc(C2(c3ccccc3)c3ccccc3-c3c(N(c4ccc(-c5ccc(-c6ccc7sc8ccccc8c7c6)cc5)cc4)c4cccc(-c5ccc6oc7ccccc7c6c5)c4)cccc32)cc1. The fraction of sp³-hybridized carbons (Fsp3) is 0.0149. The molecule has 2 heterocycles. The molecule has 0 atom stereocenters. The van der Waals surface area contributed by atoms with Crippen LogP contribution in [0.25, 0.3) is 86.6 Å². The first-order valence-electron chi connectivity index (χ1n) is 24.0. The predicted molar refractivity (Wildman–Crippen MR) is 295 cm³/mol. The third-order valence-corrected chi connectivity index (χ3v) is 15.7. The Kier molecular flexibility index (Phi) is 9.33. The Morgan fingerprint density at radius 3 is 1.66 bits per heavy atom. The molecule has 0 N–H and O–H groups in total. The molecular formula is C67H43NOS. The van der Waals surface area contributed by atoms with Crippen LogP contribution in [0.2, 0.25) is 0 Å². The quantitative estimate of drug-likeness (QED) is 0.151. The van der Waals surface area contributed by atoms with Crippen molar-refractivity contribution in [1.29, 1.82) is 0 Å². The van der Waals surface area contributed by atoms with Gasteiger partial charge in [-0.25, -0.2) is 0 Å². The fourth-order valence-electron chi connectivity index (χ4n) is 11.4. The first-order chi connectivity index (χ1) is 34.7. The van der Waals surface area contributed by atoms with Gasteiger partial charge in [0.15, 0.2) is 0 Å². The van der Waals surface area contributed by atoms with Gasteiger partial charge >= 0.3 is 0 Å². The number of hydrogen-bond donors (Lipinski definition) is 0. The minimum atomic E-state index is -0.528. The molecule has 0 fully saturated rings. The Hall–Kier alpha value is -8.76. The number of nitrogens with zero attached hydrogens (tertiary/aromatic N) is 1. The van der Waals surface area contributed by atoms with E-state index in [9.17, 15) is 0 Å². The average molecular weight is 910 g/mol. The van der Waals surface area contributed by atoms with Crippen LogP contribution in [-0.4, -0.2) is 0 Å². The van der Waals surface area contributed by atoms with Gasteiger partial charge in [0, 0.05) is 47.9 Å². The zero-order chi connectivity index (χ0) is 46.2. The first-order valence-corrected chi connectivity index (χ1v) is 24.8. The van der Waals surface area contributed by atoms with E-state index < -0.39 is 5.41 Å². The average Bonchev–Trinajstić information content (AvgIpc) is 4.10. The Morgan fingerprint density at radius 1 is 0.329 bits per heavy atom. The minimum absolute atomic E-state index is 0.528. The number of benzene rings is 11. The Balaban J connectivity index is 0.916. The van der Waals surface area contributed by atoms with Crippen LogP contribution in [0.4, 0.5) is 17.1 Å². The number of furan rings is 1. The number of rotatable bonds is 8. The van der Waals surface area contributed by atoms with E-state index in [1.807, 2.05) is 23.5 Å². The molecule has 0 saturated carbocycles. The van der Waals surface area contributed by atoms with Crippen molar-refractivity contribution >= 4 is 70.5 Å². The Bertz CT molecular complexity index is 4070. The van der Waals surface area contributed by atoms with Crippen molar-refractivity contribution in [3.05, 3.63) is 283 Å². The van der Waals surface area contributed by atoms with Crippen molar-refractivity contribution in [1.82, 2.24) is 0 Å². The third-order valence-electron chi connectivity index (χ3n) is 14.6. The zero-order valence-electron chi connectivity index (χ0n) is 38.1. The summed E-state index contributed by atoms with van der Waals surface area (Å²) in [7, 11) is 0. The zero-order valence-corrected chi connectivity index (χ0v) is 38.9. The molecule has 14 rings (SSSR count). The van der Waals surface area contributed by atoms with Crippen LogP contribution in [0.1, 0.15) is 22.3 Å². The van der Waals surface area contributed by atoms with Gasteiger partial charge < -0.3 is 9.32 Å². The summed E-state index contributed by atoms with van der Waals surface area (Å²) in [5.74, 6) is 0. The highest BCUT2D eigenvalue weighted by molar-refractivity contribution is 7.25. The predicted octanol–water partition coefficient (Wildman–Crippen LogP) is 18.8. The van der Waals surface area contributed by atoms with Gasteiger partial charge in [-0.2, -0.15) is 0 Å². The van der Waals surface area contributed by atoms with Gasteiger partial charge in [0.25, 0.3) is 0 Å². The number of hydrogen-bond acceptors (Lipinski definition) is 3. The van der Waals surface area contributed by atoms with Crippen LogP contribution in [0.5, 0.6) is 0 Å². The summed E-state index contributed by atoms with van der Waals surface area (Å²) in [6.07, 6.45) is 0. The van der Waals surface area contributed by atoms with E-state index in [2.05, 4.69) is 254 Å². The van der Waals surface area contributed by atoms with Gasteiger partial charge in [-0.05, 0) is 128 Å². The van der Waals surface area contributed by atoms with Gasteiger partial charge in [0.1, 0.15) is 11.2 Å². The Morgan fingerprint density at radius 2 is 0.871 bits per heavy atom. The summed E-state index contributed by atoms with van der Waals surface area (Å²) in [5.41, 5.74) is 19.1. The molecule has 2 nitrogen and oxygen atoms in total. The topological polar surface area (TPSA) is 16.4 Å². The molecule has 0 bridgehead atoms. The second-order valence-electron chi connectivity index (χ2n) is 18.4. The lowest BCUT2D eigenvalue weighted by Gasteiger charge is -2.34. The van der Waals surface area contributed by atoms with Crippen LogP contribution >= 0.6 is 11.3 Å². The van der Waals surface area contributed by atoms with E-state index in [1.165, 1.54) is 75.8 Å². The van der Waals surface area contributed by atoms with E-state index >= 15 is 0 Å². The summed E-state index contributed by atoms with van der Waals surface area (Å²) in [4.78, 5) is 2.47. The molecule has 0 unspecified atom stereocenters. The van der Waals surface area contributed by atoms with E-state index in [4.69, 9.17) is 4.42 Å². The number of thiophene rings is 1. The second kappa shape index (κ2) is 16.2. The Labute approximate surface area is 410 Å². The van der Waals surface area contributed by atoms with Crippen molar-refractivity contribution in [2.24, 2.45) is 0 Å². The monoisotopic (exact) mass is 909 g/mol. The molecule has 0 aliphatic heterocycles. The standard InChI is InChI=1S/C67H43NOS/c1-3-16-50(17-4-1)67(51-18-5-2-6-19-51)59-24-10-7-23-56(59)66-60(67)25-14-26-61(66)68(53-20-13-15-47(41-53)49-35-39-63-57(42-49)54-21-8-11-27-62(54)69-63)52-37-33-45(34-38-52)44-29-31-46(32-30-44)48-36-40-65-58(43-48)55-22-9-12-28-64(55)70-65/h1-43H. The molecule has 328 valence electrons. The van der Waals surface area contributed by atoms with E-state index in [-0.39, 0.29) is 0 Å².